The van der Waals surface area contributed by atoms with Crippen LogP contribution in [0.25, 0.3) is 16.9 Å². The monoisotopic (exact) mass is 926 g/mol. The minimum absolute atomic E-state index is 0.0494. The van der Waals surface area contributed by atoms with Crippen LogP contribution in [0.3, 0.4) is 0 Å². The summed E-state index contributed by atoms with van der Waals surface area (Å²) >= 11 is 0. The minimum atomic E-state index is -1.46. The first kappa shape index (κ1) is 44.4. The number of halogens is 1. The molecule has 8 aromatic rings. The smallest absolute Gasteiger partial charge is 0.340 e. The number of nitrogens with one attached hydrogen (secondary N) is 1. The number of ether oxygens (including phenoxy) is 3. The third kappa shape index (κ3) is 8.84. The molecule has 0 bridgehead atoms. The SMILES string of the molecule is O=C(NCCCCCCCCOc1ccc(Cc2nc3c(Cc4ccccc4)nc(-c4ccc(O)cc4)cn3c2O)cc1F)c1ccc2c(c1)C1(OC2=O)c2ccc(O)cc2Oc2cc(O)ccc21. The summed E-state index contributed by atoms with van der Waals surface area (Å²) in [5, 5.41) is 44.6. The number of unbranched alkanes of at least 4 members (excludes halogenated alkanes) is 5. The molecule has 6 aromatic carbocycles. The van der Waals surface area contributed by atoms with Gasteiger partial charge in [0.15, 0.2) is 22.8 Å². The van der Waals surface area contributed by atoms with Crippen LogP contribution in [-0.4, -0.2) is 59.8 Å². The first-order chi connectivity index (χ1) is 33.5. The third-order valence-corrected chi connectivity index (χ3v) is 12.6. The molecule has 0 aliphatic carbocycles. The van der Waals surface area contributed by atoms with Crippen molar-refractivity contribution in [3.05, 3.63) is 190 Å². The highest BCUT2D eigenvalue weighted by Gasteiger charge is 2.54. The summed E-state index contributed by atoms with van der Waals surface area (Å²) in [4.78, 5) is 36.4. The number of esters is 1. The summed E-state index contributed by atoms with van der Waals surface area (Å²) in [6.45, 7) is 0.812. The van der Waals surface area contributed by atoms with Crippen molar-refractivity contribution in [2.45, 2.75) is 57.0 Å². The van der Waals surface area contributed by atoms with Gasteiger partial charge in [-0.2, -0.15) is 0 Å². The molecule has 5 N–H and O–H groups in total. The van der Waals surface area contributed by atoms with Crippen molar-refractivity contribution in [3.8, 4) is 51.6 Å². The molecule has 0 fully saturated rings. The van der Waals surface area contributed by atoms with Crippen molar-refractivity contribution in [2.75, 3.05) is 13.2 Å². The number of benzene rings is 6. The quantitative estimate of drug-likeness (QED) is 0.0459. The predicted molar refractivity (Wildman–Crippen MR) is 254 cm³/mol. The van der Waals surface area contributed by atoms with Gasteiger partial charge in [-0.1, -0.05) is 62.1 Å². The fraction of sp³-hybridized carbons (Fsp3) is 0.200. The van der Waals surface area contributed by atoms with Gasteiger partial charge in [0.05, 0.1) is 23.6 Å². The van der Waals surface area contributed by atoms with E-state index in [0.29, 0.717) is 75.7 Å². The molecule has 1 amide bonds. The summed E-state index contributed by atoms with van der Waals surface area (Å²) in [7, 11) is 0. The fourth-order valence-corrected chi connectivity index (χ4v) is 9.17. The van der Waals surface area contributed by atoms with Crippen LogP contribution in [0.4, 0.5) is 4.39 Å². The van der Waals surface area contributed by atoms with Crippen LogP contribution in [0.5, 0.6) is 40.4 Å². The first-order valence-electron chi connectivity index (χ1n) is 22.9. The maximum Gasteiger partial charge on any atom is 0.340 e. The van der Waals surface area contributed by atoms with Crippen LogP contribution in [-0.2, 0) is 23.2 Å². The van der Waals surface area contributed by atoms with E-state index in [9.17, 15) is 30.0 Å². The Balaban J connectivity index is 0.695. The van der Waals surface area contributed by atoms with Gasteiger partial charge in [-0.25, -0.2) is 19.2 Å². The molecule has 348 valence electrons. The summed E-state index contributed by atoms with van der Waals surface area (Å²) in [6, 6.07) is 35.2. The summed E-state index contributed by atoms with van der Waals surface area (Å²) < 4.78 is 34.9. The zero-order valence-corrected chi connectivity index (χ0v) is 37.3. The Kier molecular flexibility index (Phi) is 12.1. The van der Waals surface area contributed by atoms with Crippen LogP contribution in [0, 0.1) is 5.82 Å². The highest BCUT2D eigenvalue weighted by atomic mass is 19.1. The van der Waals surface area contributed by atoms with Gasteiger partial charge in [0, 0.05) is 65.5 Å². The van der Waals surface area contributed by atoms with Gasteiger partial charge in [0.2, 0.25) is 5.88 Å². The summed E-state index contributed by atoms with van der Waals surface area (Å²) in [5.74, 6) is -0.723. The molecule has 14 heteroatoms. The first-order valence-corrected chi connectivity index (χ1v) is 22.9. The van der Waals surface area contributed by atoms with Crippen molar-refractivity contribution in [3.63, 3.8) is 0 Å². The number of carbonyl (C=O) groups is 2. The van der Waals surface area contributed by atoms with E-state index in [0.717, 1.165) is 49.7 Å². The molecule has 13 nitrogen and oxygen atoms in total. The number of nitrogens with zero attached hydrogens (tertiary/aromatic N) is 3. The Labute approximate surface area is 396 Å². The lowest BCUT2D eigenvalue weighted by molar-refractivity contribution is 0.0224. The van der Waals surface area contributed by atoms with Gasteiger partial charge >= 0.3 is 5.97 Å². The Morgan fingerprint density at radius 1 is 0.681 bits per heavy atom. The number of phenolic OH excluding ortho intramolecular Hbond substituents is 3. The molecule has 2 aliphatic rings. The Hall–Kier alpha value is -8.39. The second kappa shape index (κ2) is 18.7. The molecular formula is C55H47FN4O9. The van der Waals surface area contributed by atoms with Crippen LogP contribution < -0.4 is 14.8 Å². The Morgan fingerprint density at radius 3 is 2.09 bits per heavy atom. The molecule has 69 heavy (non-hydrogen) atoms. The number of amides is 1. The van der Waals surface area contributed by atoms with Crippen LogP contribution in [0.1, 0.15) is 98.4 Å². The molecule has 4 heterocycles. The number of aromatic nitrogens is 3. The maximum atomic E-state index is 15.3. The minimum Gasteiger partial charge on any atom is -0.508 e. The number of hydrogen-bond donors (Lipinski definition) is 5. The van der Waals surface area contributed by atoms with Crippen molar-refractivity contribution < 1.29 is 48.6 Å². The maximum absolute atomic E-state index is 15.3. The van der Waals surface area contributed by atoms with Crippen molar-refractivity contribution in [1.82, 2.24) is 19.7 Å². The second-order valence-electron chi connectivity index (χ2n) is 17.3. The van der Waals surface area contributed by atoms with Crippen LogP contribution in [0.2, 0.25) is 0 Å². The molecule has 10 rings (SSSR count). The van der Waals surface area contributed by atoms with E-state index in [1.807, 2.05) is 30.3 Å². The van der Waals surface area contributed by atoms with Crippen molar-refractivity contribution in [1.29, 1.82) is 0 Å². The Bertz CT molecular complexity index is 3200. The largest absolute Gasteiger partial charge is 0.508 e. The number of carbonyl (C=O) groups excluding carboxylic acids is 2. The van der Waals surface area contributed by atoms with Gasteiger partial charge in [-0.05, 0) is 103 Å². The lowest BCUT2D eigenvalue weighted by atomic mass is 9.77. The van der Waals surface area contributed by atoms with E-state index < -0.39 is 17.4 Å². The average molecular weight is 927 g/mol. The van der Waals surface area contributed by atoms with Gasteiger partial charge in [-0.3, -0.25) is 9.20 Å². The third-order valence-electron chi connectivity index (χ3n) is 12.6. The van der Waals surface area contributed by atoms with E-state index in [1.165, 1.54) is 30.3 Å². The number of phenols is 3. The Morgan fingerprint density at radius 2 is 1.36 bits per heavy atom. The lowest BCUT2D eigenvalue weighted by Gasteiger charge is -2.36. The normalized spacial score (nSPS) is 13.1. The summed E-state index contributed by atoms with van der Waals surface area (Å²) in [6.07, 6.45) is 7.56. The molecule has 2 aromatic heterocycles. The van der Waals surface area contributed by atoms with Crippen molar-refractivity contribution in [2.24, 2.45) is 0 Å². The molecule has 0 unspecified atom stereocenters. The van der Waals surface area contributed by atoms with Crippen LogP contribution >= 0.6 is 0 Å². The molecule has 0 radical (unpaired) electrons. The number of rotatable bonds is 16. The topological polar surface area (TPSA) is 185 Å². The van der Waals surface area contributed by atoms with Crippen LogP contribution in [0.15, 0.2) is 134 Å². The lowest BCUT2D eigenvalue weighted by Crippen LogP contribution is -2.33. The van der Waals surface area contributed by atoms with Crippen molar-refractivity contribution >= 4 is 17.5 Å². The van der Waals surface area contributed by atoms with E-state index in [-0.39, 0.29) is 52.7 Å². The number of imidazole rings is 1. The molecule has 2 aliphatic heterocycles. The highest BCUT2D eigenvalue weighted by Crippen LogP contribution is 2.57. The number of fused-ring (bicyclic) bond motifs is 7. The van der Waals surface area contributed by atoms with E-state index >= 15 is 4.39 Å². The number of hydrogen-bond acceptors (Lipinski definition) is 11. The van der Waals surface area contributed by atoms with Gasteiger partial charge in [-0.15, -0.1) is 0 Å². The van der Waals surface area contributed by atoms with E-state index in [1.54, 1.807) is 77.3 Å². The average Bonchev–Trinajstić information content (AvgIpc) is 3.82. The van der Waals surface area contributed by atoms with Gasteiger partial charge < -0.3 is 40.0 Å². The molecule has 1 spiro atoms. The molecular weight excluding hydrogens is 880 g/mol. The fourth-order valence-electron chi connectivity index (χ4n) is 9.17. The zero-order valence-electron chi connectivity index (χ0n) is 37.3. The second-order valence-corrected chi connectivity index (χ2v) is 17.3. The number of aromatic hydroxyl groups is 4. The standard InChI is InChI=1S/C55H47FN4O9/c56-44-26-34(28-46-53(65)60-32-47(35-13-16-37(61)17-14-35)58-45(51(60)59-46)27-33-10-6-5-7-11-33)12-23-48(44)67-25-9-4-2-1-3-8-24-57-52(64)36-15-20-40-43(29-36)55(69-54(40)66)41-21-18-38(62)30-49(41)68-50-31-39(63)19-22-42(50)55/h5-7,10-23,26,29-32,61-63,65H,1-4,8-9,24-25,27-28H2,(H,57,64). The van der Waals surface area contributed by atoms with E-state index in [4.69, 9.17) is 24.2 Å². The van der Waals surface area contributed by atoms with Gasteiger partial charge in [0.1, 0.15) is 34.4 Å². The van der Waals surface area contributed by atoms with E-state index in [2.05, 4.69) is 5.32 Å². The molecule has 0 saturated heterocycles. The zero-order chi connectivity index (χ0) is 47.6. The molecule has 0 saturated carbocycles. The van der Waals surface area contributed by atoms with Gasteiger partial charge in [0.25, 0.3) is 5.91 Å². The predicted octanol–water partition coefficient (Wildman–Crippen LogP) is 10.3. The summed E-state index contributed by atoms with van der Waals surface area (Å²) in [5.41, 5.74) is 5.16. The highest BCUT2D eigenvalue weighted by molar-refractivity contribution is 6.00. The molecule has 0 atom stereocenters.